The predicted octanol–water partition coefficient (Wildman–Crippen LogP) is 6.57. The molecule has 5 nitrogen and oxygen atoms in total. The van der Waals surface area contributed by atoms with Crippen molar-refractivity contribution in [2.75, 3.05) is 6.54 Å². The van der Waals surface area contributed by atoms with Gasteiger partial charge in [0.1, 0.15) is 12.4 Å². The summed E-state index contributed by atoms with van der Waals surface area (Å²) in [7, 11) is 0. The number of carbonyl (C=O) groups excluding carboxylic acids is 1. The van der Waals surface area contributed by atoms with Crippen LogP contribution in [0.5, 0.6) is 5.75 Å². The average Bonchev–Trinajstić information content (AvgIpc) is 3.05. The lowest BCUT2D eigenvalue weighted by Crippen LogP contribution is -2.25. The molecule has 1 heterocycles. The van der Waals surface area contributed by atoms with E-state index >= 15 is 0 Å². The smallest absolute Gasteiger partial charge is 0.436 e. The van der Waals surface area contributed by atoms with E-state index in [1.807, 2.05) is 6.07 Å². The number of ether oxygens (including phenoxy) is 1. The van der Waals surface area contributed by atoms with Crippen molar-refractivity contribution in [1.82, 2.24) is 15.1 Å². The van der Waals surface area contributed by atoms with Crippen LogP contribution in [0.3, 0.4) is 0 Å². The van der Waals surface area contributed by atoms with Crippen LogP contribution in [0.1, 0.15) is 33.7 Å². The molecule has 0 spiro atoms. The van der Waals surface area contributed by atoms with Gasteiger partial charge in [-0.2, -0.15) is 18.3 Å². The molecule has 0 saturated carbocycles. The third-order valence-electron chi connectivity index (χ3n) is 4.71. The summed E-state index contributed by atoms with van der Waals surface area (Å²) in [5.74, 6) is 0.159. The molecular formula is C22H19Cl3F3N3O2. The van der Waals surface area contributed by atoms with Crippen LogP contribution in [0.4, 0.5) is 13.2 Å². The van der Waals surface area contributed by atoms with Crippen LogP contribution >= 0.6 is 34.8 Å². The van der Waals surface area contributed by atoms with Gasteiger partial charge in [0.15, 0.2) is 5.69 Å². The van der Waals surface area contributed by atoms with Crippen molar-refractivity contribution >= 4 is 40.7 Å². The highest BCUT2D eigenvalue weighted by molar-refractivity contribution is 6.35. The fourth-order valence-electron chi connectivity index (χ4n) is 3.01. The number of nitrogens with zero attached hydrogens (tertiary/aromatic N) is 2. The third kappa shape index (κ3) is 6.56. The summed E-state index contributed by atoms with van der Waals surface area (Å²) in [6, 6.07) is 11.8. The van der Waals surface area contributed by atoms with Crippen molar-refractivity contribution in [1.29, 1.82) is 0 Å². The molecule has 0 aliphatic carbocycles. The van der Waals surface area contributed by atoms with E-state index in [0.29, 0.717) is 27.8 Å². The maximum atomic E-state index is 12.9. The number of amides is 1. The van der Waals surface area contributed by atoms with Crippen molar-refractivity contribution in [2.24, 2.45) is 0 Å². The summed E-state index contributed by atoms with van der Waals surface area (Å²) < 4.78 is 45.6. The first-order valence-corrected chi connectivity index (χ1v) is 10.9. The predicted molar refractivity (Wildman–Crippen MR) is 121 cm³/mol. The van der Waals surface area contributed by atoms with Crippen molar-refractivity contribution in [3.63, 3.8) is 0 Å². The molecule has 0 radical (unpaired) electrons. The van der Waals surface area contributed by atoms with Crippen molar-refractivity contribution in [2.45, 2.75) is 32.7 Å². The number of hydrogen-bond acceptors (Lipinski definition) is 3. The van der Waals surface area contributed by atoms with Gasteiger partial charge >= 0.3 is 6.18 Å². The maximum absolute atomic E-state index is 12.9. The van der Waals surface area contributed by atoms with E-state index in [4.69, 9.17) is 39.5 Å². The van der Waals surface area contributed by atoms with E-state index in [1.165, 1.54) is 11.6 Å². The lowest BCUT2D eigenvalue weighted by atomic mass is 10.1. The molecule has 1 amide bonds. The van der Waals surface area contributed by atoms with Gasteiger partial charge in [-0.05, 0) is 49.2 Å². The number of rotatable bonds is 8. The van der Waals surface area contributed by atoms with E-state index in [0.717, 1.165) is 5.56 Å². The molecule has 0 aliphatic rings. The Morgan fingerprint density at radius 2 is 1.91 bits per heavy atom. The number of benzene rings is 2. The molecular weight excluding hydrogens is 502 g/mol. The highest BCUT2D eigenvalue weighted by Crippen LogP contribution is 2.35. The van der Waals surface area contributed by atoms with Crippen LogP contribution in [-0.4, -0.2) is 22.2 Å². The number of aromatic nitrogens is 2. The second-order valence-electron chi connectivity index (χ2n) is 7.14. The summed E-state index contributed by atoms with van der Waals surface area (Å²) in [6.45, 7) is 2.09. The lowest BCUT2D eigenvalue weighted by Gasteiger charge is -2.10. The molecule has 3 aromatic rings. The molecule has 11 heteroatoms. The second kappa shape index (κ2) is 10.7. The van der Waals surface area contributed by atoms with Crippen LogP contribution < -0.4 is 10.1 Å². The molecule has 0 atom stereocenters. The Morgan fingerprint density at radius 1 is 1.15 bits per heavy atom. The van der Waals surface area contributed by atoms with Crippen molar-refractivity contribution < 1.29 is 22.7 Å². The minimum Gasteiger partial charge on any atom is -0.487 e. The second-order valence-corrected chi connectivity index (χ2v) is 8.36. The summed E-state index contributed by atoms with van der Waals surface area (Å²) in [5.41, 5.74) is 0.305. The fourth-order valence-corrected chi connectivity index (χ4v) is 3.72. The fraction of sp³-hybridized carbons (Fsp3) is 0.273. The van der Waals surface area contributed by atoms with Gasteiger partial charge in [-0.15, -0.1) is 0 Å². The number of carbonyl (C=O) groups is 1. The van der Waals surface area contributed by atoms with E-state index < -0.39 is 16.9 Å². The standard InChI is InChI=1S/C22H19Cl3F3N3O2/c1-13-19(25)20(22(26,27)28)30-31(13)9-3-8-29-21(32)15-5-2-4-14(10-15)12-33-18-7-6-16(23)11-17(18)24/h2,4-7,10-11H,3,8-9,12H2,1H3,(H,29,32). The highest BCUT2D eigenvalue weighted by Gasteiger charge is 2.38. The Bertz CT molecular complexity index is 1150. The first-order chi connectivity index (χ1) is 15.6. The van der Waals surface area contributed by atoms with Crippen LogP contribution in [0, 0.1) is 6.92 Å². The number of halogens is 6. The zero-order valence-electron chi connectivity index (χ0n) is 17.3. The molecule has 0 aliphatic heterocycles. The number of nitrogens with one attached hydrogen (secondary N) is 1. The van der Waals surface area contributed by atoms with E-state index in [9.17, 15) is 18.0 Å². The molecule has 176 valence electrons. The Balaban J connectivity index is 1.52. The van der Waals surface area contributed by atoms with Crippen molar-refractivity contribution in [3.8, 4) is 5.75 Å². The maximum Gasteiger partial charge on any atom is 0.436 e. The molecule has 2 aromatic carbocycles. The topological polar surface area (TPSA) is 56.2 Å². The summed E-state index contributed by atoms with van der Waals surface area (Å²) in [5, 5.41) is 6.75. The van der Waals surface area contributed by atoms with Crippen LogP contribution in [-0.2, 0) is 19.3 Å². The largest absolute Gasteiger partial charge is 0.487 e. The third-order valence-corrected chi connectivity index (χ3v) is 5.69. The van der Waals surface area contributed by atoms with E-state index in [2.05, 4.69) is 10.4 Å². The van der Waals surface area contributed by atoms with Gasteiger partial charge in [0.25, 0.3) is 5.91 Å². The van der Waals surface area contributed by atoms with Gasteiger partial charge in [-0.1, -0.05) is 46.9 Å². The average molecular weight is 521 g/mol. The molecule has 0 saturated heterocycles. The van der Waals surface area contributed by atoms with Gasteiger partial charge in [0.05, 0.1) is 15.7 Å². The first kappa shape index (κ1) is 25.2. The minimum absolute atomic E-state index is 0.178. The number of alkyl halides is 3. The Labute approximate surface area is 203 Å². The SMILES string of the molecule is Cc1c(Cl)c(C(F)(F)F)nn1CCCNC(=O)c1cccc(COc2ccc(Cl)cc2Cl)c1. The molecule has 1 aromatic heterocycles. The van der Waals surface area contributed by atoms with Crippen LogP contribution in [0.25, 0.3) is 0 Å². The van der Waals surface area contributed by atoms with Gasteiger partial charge in [-0.25, -0.2) is 0 Å². The monoisotopic (exact) mass is 519 g/mol. The minimum atomic E-state index is -4.62. The Morgan fingerprint density at radius 3 is 2.58 bits per heavy atom. The molecule has 33 heavy (non-hydrogen) atoms. The van der Waals surface area contributed by atoms with Crippen molar-refractivity contribution in [3.05, 3.63) is 80.0 Å². The zero-order valence-corrected chi connectivity index (χ0v) is 19.6. The number of aryl methyl sites for hydroxylation is 1. The molecule has 0 unspecified atom stereocenters. The lowest BCUT2D eigenvalue weighted by molar-refractivity contribution is -0.141. The van der Waals surface area contributed by atoms with E-state index in [-0.39, 0.29) is 31.3 Å². The quantitative estimate of drug-likeness (QED) is 0.342. The summed E-state index contributed by atoms with van der Waals surface area (Å²) in [6.07, 6.45) is -4.24. The molecule has 1 N–H and O–H groups in total. The molecule has 3 rings (SSSR count). The van der Waals surface area contributed by atoms with E-state index in [1.54, 1.807) is 36.4 Å². The Hall–Kier alpha value is -2.42. The zero-order chi connectivity index (χ0) is 24.2. The molecule has 0 bridgehead atoms. The van der Waals surface area contributed by atoms with Crippen LogP contribution in [0.15, 0.2) is 42.5 Å². The summed E-state index contributed by atoms with van der Waals surface area (Å²) in [4.78, 5) is 12.5. The van der Waals surface area contributed by atoms with Gasteiger partial charge in [-0.3, -0.25) is 9.48 Å². The van der Waals surface area contributed by atoms with Gasteiger partial charge in [0, 0.05) is 23.7 Å². The summed E-state index contributed by atoms with van der Waals surface area (Å²) >= 11 is 17.7. The molecule has 0 fully saturated rings. The van der Waals surface area contributed by atoms with Gasteiger partial charge < -0.3 is 10.1 Å². The Kier molecular flexibility index (Phi) is 8.15. The van der Waals surface area contributed by atoms with Crippen LogP contribution in [0.2, 0.25) is 15.1 Å². The normalized spacial score (nSPS) is 11.5. The number of hydrogen-bond donors (Lipinski definition) is 1. The first-order valence-electron chi connectivity index (χ1n) is 9.81. The highest BCUT2D eigenvalue weighted by atomic mass is 35.5. The van der Waals surface area contributed by atoms with Gasteiger partial charge in [0.2, 0.25) is 0 Å².